The molecule has 1 atom stereocenters. The van der Waals surface area contributed by atoms with Gasteiger partial charge in [0.25, 0.3) is 0 Å². The third-order valence-corrected chi connectivity index (χ3v) is 5.41. The molecule has 0 aliphatic heterocycles. The number of nitrogens with one attached hydrogen (secondary N) is 1. The Kier molecular flexibility index (Phi) is 8.95. The van der Waals surface area contributed by atoms with Gasteiger partial charge in [-0.3, -0.25) is 9.59 Å². The highest BCUT2D eigenvalue weighted by molar-refractivity contribution is 6.16. The normalized spacial score (nSPS) is 16.4. The van der Waals surface area contributed by atoms with E-state index in [9.17, 15) is 9.59 Å². The van der Waals surface area contributed by atoms with Crippen molar-refractivity contribution in [2.75, 3.05) is 20.1 Å². The van der Waals surface area contributed by atoms with Crippen LogP contribution >= 0.6 is 0 Å². The highest BCUT2D eigenvalue weighted by atomic mass is 16.5. The van der Waals surface area contributed by atoms with E-state index in [0.717, 1.165) is 24.8 Å². The van der Waals surface area contributed by atoms with Crippen molar-refractivity contribution in [1.82, 2.24) is 10.2 Å². The molecule has 1 aliphatic carbocycles. The summed E-state index contributed by atoms with van der Waals surface area (Å²) in [6, 6.07) is 9.97. The molecule has 0 unspecified atom stereocenters. The molecule has 153 valence electrons. The number of carbonyl (C=O) groups excluding carboxylic acids is 2. The summed E-state index contributed by atoms with van der Waals surface area (Å²) in [5, 5.41) is 11.7. The maximum absolute atomic E-state index is 13.2. The molecule has 1 fully saturated rings. The van der Waals surface area contributed by atoms with Crippen LogP contribution in [0.15, 0.2) is 30.3 Å². The Hall–Kier alpha value is -1.90. The zero-order chi connectivity index (χ0) is 20.4. The van der Waals surface area contributed by atoms with Crippen molar-refractivity contribution in [3.05, 3.63) is 35.9 Å². The molecule has 1 aliphatic rings. The lowest BCUT2D eigenvalue weighted by Crippen LogP contribution is -2.53. The van der Waals surface area contributed by atoms with Crippen LogP contribution in [0.2, 0.25) is 0 Å². The SMILES string of the molecule is CN(CCc1ccccc1)C(=O)C1(C(=O)N[C@@H](CCCN)O[B]O)CCCC1. The topological polar surface area (TPSA) is 105 Å². The van der Waals surface area contributed by atoms with Crippen molar-refractivity contribution < 1.29 is 19.3 Å². The standard InChI is InChI=1S/C20H31BN3O4/c1-24(15-11-16-8-3-2-4-9-16)19(26)20(12-5-6-13-20)18(25)23-17(28-21-27)10-7-14-22/h2-4,8-9,17,27H,5-7,10-15,22H2,1H3,(H,23,25)/t17-/m1/s1. The highest BCUT2D eigenvalue weighted by Crippen LogP contribution is 2.40. The van der Waals surface area contributed by atoms with E-state index in [1.807, 2.05) is 30.3 Å². The second kappa shape index (κ2) is 11.2. The van der Waals surface area contributed by atoms with Crippen LogP contribution in [0.1, 0.15) is 44.1 Å². The number of carbonyl (C=O) groups is 2. The number of nitrogens with two attached hydrogens (primary N) is 1. The summed E-state index contributed by atoms with van der Waals surface area (Å²) in [6.45, 7) is 1.00. The summed E-state index contributed by atoms with van der Waals surface area (Å²) in [4.78, 5) is 28.0. The van der Waals surface area contributed by atoms with Crippen molar-refractivity contribution in [2.24, 2.45) is 11.1 Å². The Balaban J connectivity index is 2.03. The van der Waals surface area contributed by atoms with Gasteiger partial charge in [-0.05, 0) is 44.2 Å². The predicted molar refractivity (Wildman–Crippen MR) is 108 cm³/mol. The van der Waals surface area contributed by atoms with Gasteiger partial charge in [0.05, 0.1) is 0 Å². The first kappa shape index (κ1) is 22.4. The van der Waals surface area contributed by atoms with E-state index in [1.54, 1.807) is 11.9 Å². The molecule has 0 bridgehead atoms. The molecule has 1 radical (unpaired) electrons. The summed E-state index contributed by atoms with van der Waals surface area (Å²) in [7, 11) is 2.32. The summed E-state index contributed by atoms with van der Waals surface area (Å²) in [6.07, 6.45) is 3.88. The van der Waals surface area contributed by atoms with Gasteiger partial charge in [-0.2, -0.15) is 0 Å². The Labute approximate surface area is 167 Å². The van der Waals surface area contributed by atoms with E-state index >= 15 is 0 Å². The quantitative estimate of drug-likeness (QED) is 0.298. The van der Waals surface area contributed by atoms with Crippen LogP contribution in [-0.4, -0.2) is 55.8 Å². The molecule has 2 rings (SSSR count). The third kappa shape index (κ3) is 5.80. The molecular weight excluding hydrogens is 357 g/mol. The maximum atomic E-state index is 13.2. The van der Waals surface area contributed by atoms with Gasteiger partial charge in [0, 0.05) is 13.6 Å². The van der Waals surface area contributed by atoms with Gasteiger partial charge in [0.1, 0.15) is 11.6 Å². The van der Waals surface area contributed by atoms with Crippen LogP contribution < -0.4 is 11.1 Å². The molecule has 0 aromatic heterocycles. The average molecular weight is 388 g/mol. The van der Waals surface area contributed by atoms with Crippen LogP contribution in [0.25, 0.3) is 0 Å². The van der Waals surface area contributed by atoms with Crippen LogP contribution in [0.3, 0.4) is 0 Å². The van der Waals surface area contributed by atoms with Gasteiger partial charge < -0.3 is 25.6 Å². The summed E-state index contributed by atoms with van der Waals surface area (Å²) in [5.74, 6) is -0.477. The van der Waals surface area contributed by atoms with Crippen molar-refractivity contribution >= 4 is 19.5 Å². The van der Waals surface area contributed by atoms with E-state index in [1.165, 1.54) is 0 Å². The lowest BCUT2D eigenvalue weighted by Gasteiger charge is -2.33. The van der Waals surface area contributed by atoms with Gasteiger partial charge in [-0.25, -0.2) is 0 Å². The average Bonchev–Trinajstić information content (AvgIpc) is 3.21. The van der Waals surface area contributed by atoms with E-state index in [2.05, 4.69) is 5.32 Å². The van der Waals surface area contributed by atoms with Gasteiger partial charge in [0.2, 0.25) is 11.8 Å². The number of likely N-dealkylation sites (N-methyl/N-ethyl adjacent to an activating group) is 1. The van der Waals surface area contributed by atoms with Crippen LogP contribution in [0.5, 0.6) is 0 Å². The number of nitrogens with zero attached hydrogens (tertiary/aromatic N) is 1. The van der Waals surface area contributed by atoms with Gasteiger partial charge in [-0.1, -0.05) is 43.2 Å². The lowest BCUT2D eigenvalue weighted by molar-refractivity contribution is -0.150. The van der Waals surface area contributed by atoms with Crippen molar-refractivity contribution in [3.8, 4) is 0 Å². The van der Waals surface area contributed by atoms with E-state index in [4.69, 9.17) is 15.4 Å². The molecule has 8 heteroatoms. The van der Waals surface area contributed by atoms with Crippen LogP contribution in [0.4, 0.5) is 0 Å². The fourth-order valence-corrected chi connectivity index (χ4v) is 3.76. The minimum Gasteiger partial charge on any atom is -0.429 e. The predicted octanol–water partition coefficient (Wildman–Crippen LogP) is 0.972. The second-order valence-electron chi connectivity index (χ2n) is 7.39. The molecule has 1 aromatic rings. The number of rotatable bonds is 11. The van der Waals surface area contributed by atoms with E-state index in [0.29, 0.717) is 46.5 Å². The molecule has 4 N–H and O–H groups in total. The fraction of sp³-hybridized carbons (Fsp3) is 0.600. The summed E-state index contributed by atoms with van der Waals surface area (Å²) >= 11 is 0. The maximum Gasteiger partial charge on any atom is 0.486 e. The molecule has 1 saturated carbocycles. The van der Waals surface area contributed by atoms with Gasteiger partial charge in [-0.15, -0.1) is 0 Å². The fourth-order valence-electron chi connectivity index (χ4n) is 3.76. The monoisotopic (exact) mass is 388 g/mol. The number of benzene rings is 1. The Morgan fingerprint density at radius 1 is 1.32 bits per heavy atom. The number of amides is 2. The van der Waals surface area contributed by atoms with Gasteiger partial charge in [0.15, 0.2) is 0 Å². The molecule has 7 nitrogen and oxygen atoms in total. The number of hydrogen-bond acceptors (Lipinski definition) is 5. The van der Waals surface area contributed by atoms with Crippen molar-refractivity contribution in [1.29, 1.82) is 0 Å². The molecule has 0 spiro atoms. The first-order valence-electron chi connectivity index (χ1n) is 9.95. The van der Waals surface area contributed by atoms with Crippen LogP contribution in [0, 0.1) is 5.41 Å². The van der Waals surface area contributed by atoms with E-state index < -0.39 is 11.6 Å². The Morgan fingerprint density at radius 3 is 2.61 bits per heavy atom. The minimum absolute atomic E-state index is 0.149. The summed E-state index contributed by atoms with van der Waals surface area (Å²) < 4.78 is 5.08. The van der Waals surface area contributed by atoms with E-state index in [-0.39, 0.29) is 11.8 Å². The molecule has 0 heterocycles. The molecule has 2 amide bonds. The number of hydrogen-bond donors (Lipinski definition) is 3. The summed E-state index contributed by atoms with van der Waals surface area (Å²) in [5.41, 5.74) is 5.61. The molecule has 1 aromatic carbocycles. The largest absolute Gasteiger partial charge is 0.486 e. The lowest BCUT2D eigenvalue weighted by atomic mass is 9.83. The minimum atomic E-state index is -1.06. The van der Waals surface area contributed by atoms with Crippen molar-refractivity contribution in [3.63, 3.8) is 0 Å². The molecular formula is C20H31BN3O4. The Bertz CT molecular complexity index is 623. The Morgan fingerprint density at radius 2 is 2.00 bits per heavy atom. The van der Waals surface area contributed by atoms with Crippen molar-refractivity contribution in [2.45, 2.75) is 51.2 Å². The first-order chi connectivity index (χ1) is 13.5. The zero-order valence-corrected chi connectivity index (χ0v) is 16.6. The highest BCUT2D eigenvalue weighted by Gasteiger charge is 2.49. The molecule has 0 saturated heterocycles. The van der Waals surface area contributed by atoms with Crippen LogP contribution in [-0.2, 0) is 20.7 Å². The first-order valence-corrected chi connectivity index (χ1v) is 9.95. The second-order valence-corrected chi connectivity index (χ2v) is 7.39. The third-order valence-electron chi connectivity index (χ3n) is 5.41. The zero-order valence-electron chi connectivity index (χ0n) is 16.6. The van der Waals surface area contributed by atoms with Gasteiger partial charge >= 0.3 is 7.69 Å². The molecule has 28 heavy (non-hydrogen) atoms. The smallest absolute Gasteiger partial charge is 0.429 e.